The molecule has 5 nitrogen and oxygen atoms in total. The van der Waals surface area contributed by atoms with Crippen LogP contribution in [0.3, 0.4) is 0 Å². The van der Waals surface area contributed by atoms with Crippen molar-refractivity contribution in [1.29, 1.82) is 0 Å². The average Bonchev–Trinajstić information content (AvgIpc) is 3.52. The summed E-state index contributed by atoms with van der Waals surface area (Å²) in [5.41, 5.74) is 0.965. The summed E-state index contributed by atoms with van der Waals surface area (Å²) in [6, 6.07) is 10.5. The number of hydrogen-bond acceptors (Lipinski definition) is 5. The van der Waals surface area contributed by atoms with Crippen molar-refractivity contribution >= 4 is 33.0 Å². The molecule has 8 heteroatoms. The van der Waals surface area contributed by atoms with Crippen LogP contribution in [-0.4, -0.2) is 45.9 Å². The Morgan fingerprint density at radius 2 is 1.82 bits per heavy atom. The van der Waals surface area contributed by atoms with E-state index in [-0.39, 0.29) is 15.7 Å². The van der Waals surface area contributed by atoms with Crippen LogP contribution in [0.25, 0.3) is 0 Å². The van der Waals surface area contributed by atoms with Gasteiger partial charge >= 0.3 is 0 Å². The van der Waals surface area contributed by atoms with Crippen molar-refractivity contribution in [2.24, 2.45) is 0 Å². The highest BCUT2D eigenvalue weighted by Gasteiger charge is 2.31. The molecule has 0 amide bonds. The SMILES string of the molecule is COc1ccc(OC)c(CN(CCS(=O)(=O)c2cc(Cl)ccc2Cl)C2CC2)c1. The Balaban J connectivity index is 1.77. The minimum Gasteiger partial charge on any atom is -0.497 e. The molecule has 1 fully saturated rings. The van der Waals surface area contributed by atoms with Crippen molar-refractivity contribution in [3.05, 3.63) is 52.0 Å². The lowest BCUT2D eigenvalue weighted by Gasteiger charge is -2.23. The summed E-state index contributed by atoms with van der Waals surface area (Å²) in [5.74, 6) is 1.47. The highest BCUT2D eigenvalue weighted by Crippen LogP contribution is 2.32. The average molecular weight is 444 g/mol. The van der Waals surface area contributed by atoms with Crippen molar-refractivity contribution in [1.82, 2.24) is 4.90 Å². The second-order valence-corrected chi connectivity index (χ2v) is 9.69. The molecule has 0 spiro atoms. The van der Waals surface area contributed by atoms with Gasteiger partial charge in [0.25, 0.3) is 0 Å². The first-order valence-electron chi connectivity index (χ1n) is 8.97. The molecule has 0 unspecified atom stereocenters. The Bertz CT molecular complexity index is 945. The highest BCUT2D eigenvalue weighted by atomic mass is 35.5. The highest BCUT2D eigenvalue weighted by molar-refractivity contribution is 7.91. The fraction of sp³-hybridized carbons (Fsp3) is 0.400. The van der Waals surface area contributed by atoms with E-state index in [0.29, 0.717) is 24.2 Å². The smallest absolute Gasteiger partial charge is 0.181 e. The monoisotopic (exact) mass is 443 g/mol. The molecule has 1 saturated carbocycles. The van der Waals surface area contributed by atoms with E-state index in [1.165, 1.54) is 12.1 Å². The minimum atomic E-state index is -3.55. The van der Waals surface area contributed by atoms with E-state index in [2.05, 4.69) is 4.90 Å². The molecule has 0 N–H and O–H groups in total. The first-order chi connectivity index (χ1) is 13.3. The van der Waals surface area contributed by atoms with Crippen LogP contribution >= 0.6 is 23.2 Å². The zero-order valence-electron chi connectivity index (χ0n) is 15.8. The molecule has 0 bridgehead atoms. The number of rotatable bonds is 9. The minimum absolute atomic E-state index is 0.0319. The van der Waals surface area contributed by atoms with Crippen LogP contribution in [0.15, 0.2) is 41.3 Å². The third-order valence-electron chi connectivity index (χ3n) is 4.80. The molecule has 0 radical (unpaired) electrons. The summed E-state index contributed by atoms with van der Waals surface area (Å²) in [4.78, 5) is 2.25. The summed E-state index contributed by atoms with van der Waals surface area (Å²) in [7, 11) is -0.309. The van der Waals surface area contributed by atoms with Gasteiger partial charge in [0.1, 0.15) is 11.5 Å². The van der Waals surface area contributed by atoms with Gasteiger partial charge in [-0.05, 0) is 49.2 Å². The number of sulfone groups is 1. The third-order valence-corrected chi connectivity index (χ3v) is 7.20. The van der Waals surface area contributed by atoms with Gasteiger partial charge in [0.05, 0.1) is 29.9 Å². The van der Waals surface area contributed by atoms with E-state index in [0.717, 1.165) is 29.9 Å². The van der Waals surface area contributed by atoms with Gasteiger partial charge in [-0.3, -0.25) is 4.90 Å². The van der Waals surface area contributed by atoms with E-state index in [4.69, 9.17) is 32.7 Å². The second-order valence-electron chi connectivity index (χ2n) is 6.77. The molecule has 28 heavy (non-hydrogen) atoms. The van der Waals surface area contributed by atoms with Crippen LogP contribution in [0.2, 0.25) is 10.0 Å². The van der Waals surface area contributed by atoms with Crippen LogP contribution < -0.4 is 9.47 Å². The molecule has 0 atom stereocenters. The predicted octanol–water partition coefficient (Wildman–Crippen LogP) is 4.45. The number of benzene rings is 2. The fourth-order valence-electron chi connectivity index (χ4n) is 3.12. The maximum Gasteiger partial charge on any atom is 0.181 e. The maximum absolute atomic E-state index is 12.8. The van der Waals surface area contributed by atoms with E-state index in [9.17, 15) is 8.42 Å². The summed E-state index contributed by atoms with van der Waals surface area (Å²) in [6.45, 7) is 0.986. The molecule has 1 aliphatic rings. The Morgan fingerprint density at radius 1 is 1.07 bits per heavy atom. The number of hydrogen-bond donors (Lipinski definition) is 0. The summed E-state index contributed by atoms with van der Waals surface area (Å²) >= 11 is 12.0. The Kier molecular flexibility index (Phi) is 6.76. The van der Waals surface area contributed by atoms with Gasteiger partial charge in [0.2, 0.25) is 0 Å². The van der Waals surface area contributed by atoms with Gasteiger partial charge in [-0.15, -0.1) is 0 Å². The van der Waals surface area contributed by atoms with Crippen LogP contribution in [0, 0.1) is 0 Å². The number of methoxy groups -OCH3 is 2. The summed E-state index contributed by atoms with van der Waals surface area (Å²) in [6.07, 6.45) is 2.12. The lowest BCUT2D eigenvalue weighted by atomic mass is 10.1. The van der Waals surface area contributed by atoms with E-state index in [1.54, 1.807) is 20.3 Å². The normalized spacial score (nSPS) is 14.3. The van der Waals surface area contributed by atoms with E-state index < -0.39 is 9.84 Å². The van der Waals surface area contributed by atoms with E-state index in [1.807, 2.05) is 18.2 Å². The molecule has 0 aromatic heterocycles. The number of ether oxygens (including phenoxy) is 2. The fourth-order valence-corrected chi connectivity index (χ4v) is 5.19. The van der Waals surface area contributed by atoms with Gasteiger partial charge in [-0.2, -0.15) is 0 Å². The molecule has 2 aromatic rings. The van der Waals surface area contributed by atoms with Crippen molar-refractivity contribution in [2.45, 2.75) is 30.3 Å². The first kappa shape index (κ1) is 21.2. The quantitative estimate of drug-likeness (QED) is 0.572. The second kappa shape index (κ2) is 8.91. The molecule has 3 rings (SSSR count). The van der Waals surface area contributed by atoms with Gasteiger partial charge < -0.3 is 9.47 Å². The first-order valence-corrected chi connectivity index (χ1v) is 11.4. The third kappa shape index (κ3) is 5.11. The summed E-state index contributed by atoms with van der Waals surface area (Å²) in [5, 5.41) is 0.542. The van der Waals surface area contributed by atoms with Gasteiger partial charge in [0, 0.05) is 29.7 Å². The van der Waals surface area contributed by atoms with Crippen molar-refractivity contribution in [3.8, 4) is 11.5 Å². The van der Waals surface area contributed by atoms with Crippen LogP contribution in [0.1, 0.15) is 18.4 Å². The molecular formula is C20H23Cl2NO4S. The molecule has 0 aliphatic heterocycles. The van der Waals surface area contributed by atoms with Crippen LogP contribution in [0.5, 0.6) is 11.5 Å². The molecular weight excluding hydrogens is 421 g/mol. The van der Waals surface area contributed by atoms with Crippen LogP contribution in [-0.2, 0) is 16.4 Å². The lowest BCUT2D eigenvalue weighted by molar-refractivity contribution is 0.264. The van der Waals surface area contributed by atoms with Gasteiger partial charge in [-0.1, -0.05) is 23.2 Å². The van der Waals surface area contributed by atoms with Gasteiger partial charge in [-0.25, -0.2) is 8.42 Å². The summed E-state index contributed by atoms with van der Waals surface area (Å²) < 4.78 is 36.4. The predicted molar refractivity (Wildman–Crippen MR) is 111 cm³/mol. The topological polar surface area (TPSA) is 55.8 Å². The largest absolute Gasteiger partial charge is 0.497 e. The van der Waals surface area contributed by atoms with Crippen molar-refractivity contribution in [3.63, 3.8) is 0 Å². The van der Waals surface area contributed by atoms with E-state index >= 15 is 0 Å². The van der Waals surface area contributed by atoms with Crippen LogP contribution in [0.4, 0.5) is 0 Å². The van der Waals surface area contributed by atoms with Crippen molar-refractivity contribution in [2.75, 3.05) is 26.5 Å². The van der Waals surface area contributed by atoms with Crippen molar-refractivity contribution < 1.29 is 17.9 Å². The Morgan fingerprint density at radius 3 is 2.46 bits per heavy atom. The number of nitrogens with zero attached hydrogens (tertiary/aromatic N) is 1. The molecule has 1 aliphatic carbocycles. The van der Waals surface area contributed by atoms with Gasteiger partial charge in [0.15, 0.2) is 9.84 Å². The standard InChI is InChI=1S/C20H23Cl2NO4S/c1-26-17-6-8-19(27-2)14(11-17)13-23(16-4-5-16)9-10-28(24,25)20-12-15(21)3-7-18(20)22/h3,6-8,11-12,16H,4-5,9-10,13H2,1-2H3. The molecule has 0 saturated heterocycles. The zero-order valence-corrected chi connectivity index (χ0v) is 18.1. The molecule has 0 heterocycles. The zero-order chi connectivity index (χ0) is 20.3. The Hall–Kier alpha value is -1.47. The molecule has 152 valence electrons. The Labute approximate surface area is 176 Å². The maximum atomic E-state index is 12.8. The lowest BCUT2D eigenvalue weighted by Crippen LogP contribution is -2.31. The number of halogens is 2. The molecule has 2 aromatic carbocycles.